The van der Waals surface area contributed by atoms with Crippen molar-refractivity contribution in [3.05, 3.63) is 29.5 Å². The number of aromatic nitrogens is 3. The maximum absolute atomic E-state index is 5.98. The second-order valence-corrected chi connectivity index (χ2v) is 7.09. The van der Waals surface area contributed by atoms with Gasteiger partial charge in [-0.25, -0.2) is 4.98 Å². The van der Waals surface area contributed by atoms with Crippen LogP contribution in [0.1, 0.15) is 45.1 Å². The van der Waals surface area contributed by atoms with Gasteiger partial charge in [0.15, 0.2) is 0 Å². The first-order chi connectivity index (χ1) is 11.6. The summed E-state index contributed by atoms with van der Waals surface area (Å²) in [6.07, 6.45) is 10.1. The number of hydrogen-bond acceptors (Lipinski definition) is 4. The van der Waals surface area contributed by atoms with Gasteiger partial charge >= 0.3 is 0 Å². The van der Waals surface area contributed by atoms with Crippen LogP contribution in [0.25, 0.3) is 11.3 Å². The molecule has 1 unspecified atom stereocenters. The number of nitrogens with two attached hydrogens (primary N) is 1. The number of halogens is 1. The standard InChI is InChI=1S/C13H15ClN4.C5H10O/c14-11-7-9(8-16-13(11)15)12-5-6-18(17-12)10-3-1-2-4-10;1-5-2-3-6-4-5/h5-8,10H,1-4H2,(H2,15,16);5H,2-4H2,1H3. The Morgan fingerprint density at radius 1 is 1.29 bits per heavy atom. The first-order valence-electron chi connectivity index (χ1n) is 8.68. The molecule has 5 nitrogen and oxygen atoms in total. The topological polar surface area (TPSA) is 66.0 Å². The zero-order valence-electron chi connectivity index (χ0n) is 14.1. The molecule has 0 amide bonds. The molecule has 2 aromatic rings. The Hall–Kier alpha value is -1.59. The molecule has 1 aliphatic heterocycles. The largest absolute Gasteiger partial charge is 0.382 e. The normalized spacial score (nSPS) is 20.8. The summed E-state index contributed by atoms with van der Waals surface area (Å²) in [4.78, 5) is 4.06. The van der Waals surface area contributed by atoms with Gasteiger partial charge in [0.1, 0.15) is 5.82 Å². The van der Waals surface area contributed by atoms with Gasteiger partial charge in [0, 0.05) is 31.2 Å². The number of nitrogen functional groups attached to an aromatic ring is 1. The molecular weight excluding hydrogens is 324 g/mol. The molecule has 2 aliphatic rings. The van der Waals surface area contributed by atoms with Crippen molar-refractivity contribution in [3.63, 3.8) is 0 Å². The third-order valence-corrected chi connectivity index (χ3v) is 4.93. The molecule has 3 heterocycles. The Balaban J connectivity index is 0.000000238. The molecule has 4 rings (SSSR count). The van der Waals surface area contributed by atoms with E-state index in [-0.39, 0.29) is 0 Å². The Labute approximate surface area is 148 Å². The van der Waals surface area contributed by atoms with Crippen LogP contribution in [0.4, 0.5) is 5.82 Å². The van der Waals surface area contributed by atoms with Crippen LogP contribution < -0.4 is 5.73 Å². The van der Waals surface area contributed by atoms with Crippen LogP contribution in [-0.2, 0) is 4.74 Å². The molecule has 0 bridgehead atoms. The van der Waals surface area contributed by atoms with Crippen LogP contribution in [0.5, 0.6) is 0 Å². The predicted octanol–water partition coefficient (Wildman–Crippen LogP) is 4.34. The van der Waals surface area contributed by atoms with Gasteiger partial charge in [-0.2, -0.15) is 5.10 Å². The summed E-state index contributed by atoms with van der Waals surface area (Å²) < 4.78 is 7.12. The maximum atomic E-state index is 5.98. The molecule has 130 valence electrons. The second kappa shape index (κ2) is 7.99. The van der Waals surface area contributed by atoms with Crippen molar-refractivity contribution in [2.24, 2.45) is 5.92 Å². The van der Waals surface area contributed by atoms with Gasteiger partial charge in [-0.15, -0.1) is 0 Å². The molecule has 24 heavy (non-hydrogen) atoms. The zero-order chi connectivity index (χ0) is 16.9. The summed E-state index contributed by atoms with van der Waals surface area (Å²) in [5, 5.41) is 5.09. The van der Waals surface area contributed by atoms with Gasteiger partial charge in [0.05, 0.1) is 16.8 Å². The molecule has 2 fully saturated rings. The maximum Gasteiger partial charge on any atom is 0.142 e. The first-order valence-corrected chi connectivity index (χ1v) is 9.05. The highest BCUT2D eigenvalue weighted by atomic mass is 35.5. The molecule has 2 aromatic heterocycles. The van der Waals surface area contributed by atoms with Crippen molar-refractivity contribution in [1.82, 2.24) is 14.8 Å². The Kier molecular flexibility index (Phi) is 5.74. The lowest BCUT2D eigenvalue weighted by Crippen LogP contribution is -2.04. The third kappa shape index (κ3) is 4.28. The number of nitrogens with zero attached hydrogens (tertiary/aromatic N) is 3. The van der Waals surface area contributed by atoms with Crippen molar-refractivity contribution in [1.29, 1.82) is 0 Å². The fraction of sp³-hybridized carbons (Fsp3) is 0.556. The summed E-state index contributed by atoms with van der Waals surface area (Å²) in [5.41, 5.74) is 7.41. The minimum atomic E-state index is 0.357. The fourth-order valence-corrected chi connectivity index (χ4v) is 3.27. The molecule has 0 spiro atoms. The van der Waals surface area contributed by atoms with Crippen molar-refractivity contribution in [2.75, 3.05) is 18.9 Å². The summed E-state index contributed by atoms with van der Waals surface area (Å²) in [6.45, 7) is 4.19. The summed E-state index contributed by atoms with van der Waals surface area (Å²) in [6, 6.07) is 4.36. The van der Waals surface area contributed by atoms with Gasteiger partial charge in [0.2, 0.25) is 0 Å². The van der Waals surface area contributed by atoms with Gasteiger partial charge in [-0.1, -0.05) is 31.4 Å². The summed E-state index contributed by atoms with van der Waals surface area (Å²) >= 11 is 5.98. The summed E-state index contributed by atoms with van der Waals surface area (Å²) in [7, 11) is 0. The van der Waals surface area contributed by atoms with E-state index in [1.165, 1.54) is 32.1 Å². The van der Waals surface area contributed by atoms with Crippen LogP contribution in [0.3, 0.4) is 0 Å². The average molecular weight is 349 g/mol. The van der Waals surface area contributed by atoms with Crippen LogP contribution in [0, 0.1) is 5.92 Å². The van der Waals surface area contributed by atoms with Gasteiger partial charge < -0.3 is 10.5 Å². The van der Waals surface area contributed by atoms with E-state index >= 15 is 0 Å². The molecule has 1 atom stereocenters. The molecule has 1 saturated heterocycles. The Morgan fingerprint density at radius 2 is 2.08 bits per heavy atom. The van der Waals surface area contributed by atoms with Gasteiger partial charge in [-0.3, -0.25) is 4.68 Å². The lowest BCUT2D eigenvalue weighted by Gasteiger charge is -2.08. The number of hydrogen-bond donors (Lipinski definition) is 1. The molecule has 6 heteroatoms. The molecule has 0 aromatic carbocycles. The highest BCUT2D eigenvalue weighted by molar-refractivity contribution is 6.33. The Bertz CT molecular complexity index is 661. The first kappa shape index (κ1) is 17.2. The van der Waals surface area contributed by atoms with E-state index < -0.39 is 0 Å². The van der Waals surface area contributed by atoms with Crippen molar-refractivity contribution in [2.45, 2.75) is 45.1 Å². The quantitative estimate of drug-likeness (QED) is 0.876. The van der Waals surface area contributed by atoms with Crippen LogP contribution in [0.15, 0.2) is 24.5 Å². The van der Waals surface area contributed by atoms with E-state index in [1.807, 2.05) is 18.3 Å². The highest BCUT2D eigenvalue weighted by Crippen LogP contribution is 2.30. The van der Waals surface area contributed by atoms with E-state index in [9.17, 15) is 0 Å². The van der Waals surface area contributed by atoms with E-state index in [0.717, 1.165) is 30.4 Å². The van der Waals surface area contributed by atoms with Gasteiger partial charge in [0.25, 0.3) is 0 Å². The number of ether oxygens (including phenoxy) is 1. The molecule has 2 N–H and O–H groups in total. The van der Waals surface area contributed by atoms with E-state index in [4.69, 9.17) is 22.1 Å². The van der Waals surface area contributed by atoms with E-state index in [1.54, 1.807) is 6.20 Å². The molecule has 0 radical (unpaired) electrons. The second-order valence-electron chi connectivity index (χ2n) is 6.68. The Morgan fingerprint density at radius 3 is 2.67 bits per heavy atom. The van der Waals surface area contributed by atoms with Gasteiger partial charge in [-0.05, 0) is 37.3 Å². The van der Waals surface area contributed by atoms with Crippen molar-refractivity contribution >= 4 is 17.4 Å². The zero-order valence-corrected chi connectivity index (χ0v) is 14.9. The third-order valence-electron chi connectivity index (χ3n) is 4.63. The minimum Gasteiger partial charge on any atom is -0.382 e. The fourth-order valence-electron chi connectivity index (χ4n) is 3.11. The molecule has 1 saturated carbocycles. The van der Waals surface area contributed by atoms with Crippen LogP contribution in [0.2, 0.25) is 5.02 Å². The summed E-state index contributed by atoms with van der Waals surface area (Å²) in [5.74, 6) is 1.18. The van der Waals surface area contributed by atoms with Crippen LogP contribution in [-0.4, -0.2) is 28.0 Å². The van der Waals surface area contributed by atoms with Crippen LogP contribution >= 0.6 is 11.6 Å². The van der Waals surface area contributed by atoms with E-state index in [0.29, 0.717) is 16.9 Å². The minimum absolute atomic E-state index is 0.357. The number of rotatable bonds is 2. The van der Waals surface area contributed by atoms with Crippen molar-refractivity contribution < 1.29 is 4.74 Å². The number of anilines is 1. The van der Waals surface area contributed by atoms with E-state index in [2.05, 4.69) is 21.7 Å². The smallest absolute Gasteiger partial charge is 0.142 e. The van der Waals surface area contributed by atoms with Crippen molar-refractivity contribution in [3.8, 4) is 11.3 Å². The highest BCUT2D eigenvalue weighted by Gasteiger charge is 2.18. The lowest BCUT2D eigenvalue weighted by atomic mass is 10.2. The average Bonchev–Trinajstić information content (AvgIpc) is 3.31. The number of pyridine rings is 1. The molecular formula is C18H25ClN4O. The molecule has 1 aliphatic carbocycles. The predicted molar refractivity (Wildman–Crippen MR) is 97.0 cm³/mol. The SMILES string of the molecule is CC1CCOC1.Nc1ncc(-c2ccn(C3CCCC3)n2)cc1Cl. The monoisotopic (exact) mass is 348 g/mol. The lowest BCUT2D eigenvalue weighted by molar-refractivity contribution is 0.188.